The van der Waals surface area contributed by atoms with E-state index in [4.69, 9.17) is 0 Å². The molecule has 4 nitrogen and oxygen atoms in total. The first-order chi connectivity index (χ1) is 9.07. The summed E-state index contributed by atoms with van der Waals surface area (Å²) in [6, 6.07) is 5.35. The Bertz CT molecular complexity index is 543. The summed E-state index contributed by atoms with van der Waals surface area (Å²) in [4.78, 5) is 0. The lowest BCUT2D eigenvalue weighted by Crippen LogP contribution is -2.32. The summed E-state index contributed by atoms with van der Waals surface area (Å²) in [5.41, 5.74) is 0.310. The first-order valence-corrected chi connectivity index (χ1v) is 7.87. The highest BCUT2D eigenvalue weighted by molar-refractivity contribution is 7.90. The second kappa shape index (κ2) is 6.45. The second-order valence-corrected chi connectivity index (χ2v) is 6.71. The number of nitrogens with one attached hydrogen (secondary N) is 1. The van der Waals surface area contributed by atoms with Crippen molar-refractivity contribution in [1.29, 1.82) is 0 Å². The van der Waals surface area contributed by atoms with E-state index < -0.39 is 16.2 Å². The van der Waals surface area contributed by atoms with Gasteiger partial charge in [-0.15, -0.1) is 13.2 Å². The summed E-state index contributed by atoms with van der Waals surface area (Å²) in [5.74, 6) is -0.381. The molecule has 1 aromatic rings. The predicted molar refractivity (Wildman–Crippen MR) is 69.1 cm³/mol. The summed E-state index contributed by atoms with van der Waals surface area (Å²) >= 11 is 0. The van der Waals surface area contributed by atoms with Crippen molar-refractivity contribution in [3.8, 4) is 5.75 Å². The lowest BCUT2D eigenvalue weighted by molar-refractivity contribution is -0.274. The highest BCUT2D eigenvalue weighted by Crippen LogP contribution is 2.26. The minimum atomic E-state index is -4.76. The molecule has 0 radical (unpaired) electrons. The normalized spacial score (nSPS) is 14.1. The number of rotatable bonds is 6. The zero-order valence-electron chi connectivity index (χ0n) is 11.1. The van der Waals surface area contributed by atoms with E-state index in [2.05, 4.69) is 10.1 Å². The Kier molecular flexibility index (Phi) is 5.41. The van der Waals surface area contributed by atoms with Crippen LogP contribution in [0.15, 0.2) is 24.3 Å². The van der Waals surface area contributed by atoms with E-state index in [0.29, 0.717) is 5.56 Å². The molecule has 0 bridgehead atoms. The fourth-order valence-electron chi connectivity index (χ4n) is 1.67. The van der Waals surface area contributed by atoms with Crippen molar-refractivity contribution >= 4 is 9.84 Å². The van der Waals surface area contributed by atoms with Gasteiger partial charge in [0, 0.05) is 24.4 Å². The van der Waals surface area contributed by atoms with Crippen molar-refractivity contribution in [2.24, 2.45) is 0 Å². The number of hydrogen-bond donors (Lipinski definition) is 1. The van der Waals surface area contributed by atoms with Crippen molar-refractivity contribution < 1.29 is 26.3 Å². The Labute approximate surface area is 115 Å². The third-order valence-electron chi connectivity index (χ3n) is 2.39. The Morgan fingerprint density at radius 2 is 1.90 bits per heavy atom. The number of hydrogen-bond acceptors (Lipinski definition) is 4. The van der Waals surface area contributed by atoms with Crippen molar-refractivity contribution in [3.05, 3.63) is 29.8 Å². The Hall–Kier alpha value is -1.28. The molecule has 1 unspecified atom stereocenters. The monoisotopic (exact) mass is 311 g/mol. The highest BCUT2D eigenvalue weighted by atomic mass is 32.2. The maximum atomic E-state index is 12.2. The second-order valence-electron chi connectivity index (χ2n) is 4.53. The minimum Gasteiger partial charge on any atom is -0.405 e. The van der Waals surface area contributed by atoms with E-state index in [1.165, 1.54) is 18.2 Å². The van der Waals surface area contributed by atoms with E-state index in [0.717, 1.165) is 6.26 Å². The maximum Gasteiger partial charge on any atom is 0.573 e. The molecule has 0 aliphatic carbocycles. The molecule has 114 valence electrons. The number of alkyl halides is 3. The topological polar surface area (TPSA) is 55.4 Å². The molecule has 0 aliphatic rings. The van der Waals surface area contributed by atoms with Crippen LogP contribution in [0.2, 0.25) is 0 Å². The van der Waals surface area contributed by atoms with Crippen LogP contribution in [0.1, 0.15) is 12.5 Å². The van der Waals surface area contributed by atoms with Gasteiger partial charge in [-0.3, -0.25) is 0 Å². The molecule has 20 heavy (non-hydrogen) atoms. The molecular formula is C12H16F3NO3S. The Balaban J connectivity index is 2.69. The van der Waals surface area contributed by atoms with Crippen LogP contribution >= 0.6 is 0 Å². The molecule has 1 rings (SSSR count). The lowest BCUT2D eigenvalue weighted by Gasteiger charge is -2.16. The van der Waals surface area contributed by atoms with E-state index in [9.17, 15) is 21.6 Å². The van der Waals surface area contributed by atoms with Gasteiger partial charge in [0.2, 0.25) is 0 Å². The van der Waals surface area contributed by atoms with Gasteiger partial charge in [-0.25, -0.2) is 8.42 Å². The van der Waals surface area contributed by atoms with Gasteiger partial charge < -0.3 is 10.1 Å². The van der Waals surface area contributed by atoms with Gasteiger partial charge in [-0.1, -0.05) is 18.2 Å². The Morgan fingerprint density at radius 3 is 2.45 bits per heavy atom. The number of ether oxygens (including phenoxy) is 1. The first kappa shape index (κ1) is 16.8. The molecule has 0 amide bonds. The van der Waals surface area contributed by atoms with Crippen LogP contribution in [0.4, 0.5) is 13.2 Å². The number of halogens is 3. The first-order valence-electron chi connectivity index (χ1n) is 5.81. The average Bonchev–Trinajstić information content (AvgIpc) is 2.23. The zero-order chi connectivity index (χ0) is 15.4. The fourth-order valence-corrected chi connectivity index (χ4v) is 2.70. The quantitative estimate of drug-likeness (QED) is 0.874. The largest absolute Gasteiger partial charge is 0.573 e. The molecule has 0 saturated heterocycles. The molecule has 0 heterocycles. The van der Waals surface area contributed by atoms with E-state index in [1.54, 1.807) is 13.0 Å². The zero-order valence-corrected chi connectivity index (χ0v) is 11.9. The average molecular weight is 311 g/mol. The van der Waals surface area contributed by atoms with Crippen molar-refractivity contribution in [3.63, 3.8) is 0 Å². The molecule has 1 atom stereocenters. The molecule has 0 fully saturated rings. The van der Waals surface area contributed by atoms with E-state index in [1.807, 2.05) is 0 Å². The molecule has 1 aromatic carbocycles. The molecule has 0 saturated carbocycles. The number of para-hydroxylation sites is 1. The molecule has 8 heteroatoms. The third kappa shape index (κ3) is 6.76. The summed E-state index contributed by atoms with van der Waals surface area (Å²) < 4.78 is 62.8. The van der Waals surface area contributed by atoms with Crippen LogP contribution < -0.4 is 10.1 Å². The lowest BCUT2D eigenvalue weighted by atomic mass is 10.2. The molecule has 0 aromatic heterocycles. The van der Waals surface area contributed by atoms with Crippen LogP contribution in [-0.4, -0.2) is 32.8 Å². The maximum absolute atomic E-state index is 12.2. The van der Waals surface area contributed by atoms with Crippen LogP contribution in [-0.2, 0) is 16.4 Å². The van der Waals surface area contributed by atoms with Gasteiger partial charge in [0.25, 0.3) is 0 Å². The van der Waals surface area contributed by atoms with Gasteiger partial charge in [-0.05, 0) is 13.0 Å². The van der Waals surface area contributed by atoms with E-state index in [-0.39, 0.29) is 24.1 Å². The smallest absolute Gasteiger partial charge is 0.405 e. The van der Waals surface area contributed by atoms with E-state index >= 15 is 0 Å². The highest BCUT2D eigenvalue weighted by Gasteiger charge is 2.31. The van der Waals surface area contributed by atoms with Crippen molar-refractivity contribution in [2.75, 3.05) is 12.0 Å². The van der Waals surface area contributed by atoms with Gasteiger partial charge in [0.15, 0.2) is 0 Å². The van der Waals surface area contributed by atoms with Crippen LogP contribution in [0.25, 0.3) is 0 Å². The SMILES string of the molecule is CC(CS(C)(=O)=O)NCc1ccccc1OC(F)(F)F. The van der Waals surface area contributed by atoms with Crippen LogP contribution in [0.3, 0.4) is 0 Å². The summed E-state index contributed by atoms with van der Waals surface area (Å²) in [6.45, 7) is 1.73. The molecular weight excluding hydrogens is 295 g/mol. The minimum absolute atomic E-state index is 0.0862. The standard InChI is InChI=1S/C12H16F3NO3S/c1-9(8-20(2,17)18)16-7-10-5-3-4-6-11(10)19-12(13,14)15/h3-6,9,16H,7-8H2,1-2H3. The molecule has 0 aliphatic heterocycles. The van der Waals surface area contributed by atoms with Gasteiger partial charge in [0.05, 0.1) is 5.75 Å². The summed E-state index contributed by atoms with van der Waals surface area (Å²) in [7, 11) is -3.14. The predicted octanol–water partition coefficient (Wildman–Crippen LogP) is 2.11. The van der Waals surface area contributed by atoms with Gasteiger partial charge >= 0.3 is 6.36 Å². The molecule has 1 N–H and O–H groups in total. The third-order valence-corrected chi connectivity index (χ3v) is 3.50. The number of sulfone groups is 1. The van der Waals surface area contributed by atoms with Crippen molar-refractivity contribution in [2.45, 2.75) is 25.9 Å². The summed E-state index contributed by atoms with van der Waals surface area (Å²) in [6.07, 6.45) is -3.65. The van der Waals surface area contributed by atoms with Gasteiger partial charge in [0.1, 0.15) is 15.6 Å². The Morgan fingerprint density at radius 1 is 1.30 bits per heavy atom. The van der Waals surface area contributed by atoms with Crippen LogP contribution in [0, 0.1) is 0 Å². The van der Waals surface area contributed by atoms with Crippen LogP contribution in [0.5, 0.6) is 5.75 Å². The molecule has 0 spiro atoms. The van der Waals surface area contributed by atoms with Crippen molar-refractivity contribution in [1.82, 2.24) is 5.32 Å². The number of benzene rings is 1. The fraction of sp³-hybridized carbons (Fsp3) is 0.500. The summed E-state index contributed by atoms with van der Waals surface area (Å²) in [5, 5.41) is 2.86. The van der Waals surface area contributed by atoms with Gasteiger partial charge in [-0.2, -0.15) is 0 Å².